The van der Waals surface area contributed by atoms with Gasteiger partial charge in [-0.05, 0) is 29.5 Å². The van der Waals surface area contributed by atoms with E-state index in [0.29, 0.717) is 17.3 Å². The monoisotopic (exact) mass is 231 g/mol. The van der Waals surface area contributed by atoms with E-state index < -0.39 is 0 Å². The highest BCUT2D eigenvalue weighted by Crippen LogP contribution is 2.23. The lowest BCUT2D eigenvalue weighted by Crippen LogP contribution is -2.05. The standard InChI is InChI=1S/C10H9N5S/c11-7-16-9-5-14-15(10(9)12)6-8-1-3-13-4-2-8/h1-5H,6,12H2. The van der Waals surface area contributed by atoms with Gasteiger partial charge in [-0.25, -0.2) is 4.68 Å². The molecule has 2 heterocycles. The van der Waals surface area contributed by atoms with Crippen LogP contribution in [-0.4, -0.2) is 14.8 Å². The third-order valence-corrected chi connectivity index (χ3v) is 2.71. The highest BCUT2D eigenvalue weighted by molar-refractivity contribution is 8.03. The second-order valence-corrected chi connectivity index (χ2v) is 3.93. The van der Waals surface area contributed by atoms with Crippen LogP contribution in [0.5, 0.6) is 0 Å². The predicted octanol–water partition coefficient (Wildman–Crippen LogP) is 1.48. The van der Waals surface area contributed by atoms with Gasteiger partial charge in [-0.15, -0.1) is 0 Å². The van der Waals surface area contributed by atoms with Gasteiger partial charge < -0.3 is 5.73 Å². The van der Waals surface area contributed by atoms with Crippen molar-refractivity contribution in [3.8, 4) is 5.40 Å². The summed E-state index contributed by atoms with van der Waals surface area (Å²) in [6.45, 7) is 0.584. The minimum atomic E-state index is 0.517. The number of nitrogen functional groups attached to an aromatic ring is 1. The zero-order valence-corrected chi connectivity index (χ0v) is 9.18. The second-order valence-electron chi connectivity index (χ2n) is 3.10. The van der Waals surface area contributed by atoms with Crippen LogP contribution in [0.15, 0.2) is 35.6 Å². The van der Waals surface area contributed by atoms with E-state index >= 15 is 0 Å². The smallest absolute Gasteiger partial charge is 0.138 e. The number of nitrogens with two attached hydrogens (primary N) is 1. The van der Waals surface area contributed by atoms with Gasteiger partial charge in [-0.1, -0.05) is 0 Å². The lowest BCUT2D eigenvalue weighted by molar-refractivity contribution is 0.696. The third-order valence-electron chi connectivity index (χ3n) is 2.08. The Balaban J connectivity index is 2.20. The average Bonchev–Trinajstić information content (AvgIpc) is 2.64. The SMILES string of the molecule is N#CSc1cnn(Cc2ccncc2)c1N. The summed E-state index contributed by atoms with van der Waals surface area (Å²) in [6, 6.07) is 3.80. The van der Waals surface area contributed by atoms with Crippen molar-refractivity contribution in [2.75, 3.05) is 5.73 Å². The molecule has 16 heavy (non-hydrogen) atoms. The topological polar surface area (TPSA) is 80.5 Å². The first-order chi connectivity index (χ1) is 7.81. The highest BCUT2D eigenvalue weighted by atomic mass is 32.2. The molecular formula is C10H9N5S. The van der Waals surface area contributed by atoms with Crippen LogP contribution in [0, 0.1) is 10.7 Å². The fourth-order valence-electron chi connectivity index (χ4n) is 1.29. The Morgan fingerprint density at radius 2 is 2.19 bits per heavy atom. The molecule has 0 aromatic carbocycles. The molecule has 6 heteroatoms. The van der Waals surface area contributed by atoms with Gasteiger partial charge in [-0.3, -0.25) is 4.98 Å². The normalized spacial score (nSPS) is 9.94. The zero-order chi connectivity index (χ0) is 11.4. The number of pyridine rings is 1. The van der Waals surface area contributed by atoms with Gasteiger partial charge in [0.15, 0.2) is 0 Å². The van der Waals surface area contributed by atoms with Crippen molar-refractivity contribution in [2.24, 2.45) is 0 Å². The number of nitriles is 1. The number of thioether (sulfide) groups is 1. The van der Waals surface area contributed by atoms with Crippen LogP contribution < -0.4 is 5.73 Å². The van der Waals surface area contributed by atoms with Crippen LogP contribution in [0.3, 0.4) is 0 Å². The summed E-state index contributed by atoms with van der Waals surface area (Å²) < 4.78 is 1.66. The Labute approximate surface area is 96.9 Å². The van der Waals surface area contributed by atoms with Gasteiger partial charge >= 0.3 is 0 Å². The molecule has 5 nitrogen and oxygen atoms in total. The summed E-state index contributed by atoms with van der Waals surface area (Å²) in [6.07, 6.45) is 5.05. The number of rotatable bonds is 3. The number of aromatic nitrogens is 3. The second kappa shape index (κ2) is 4.68. The molecule has 0 fully saturated rings. The predicted molar refractivity (Wildman–Crippen MR) is 61.4 cm³/mol. The lowest BCUT2D eigenvalue weighted by atomic mass is 10.3. The summed E-state index contributed by atoms with van der Waals surface area (Å²) in [4.78, 5) is 4.63. The van der Waals surface area contributed by atoms with E-state index in [1.807, 2.05) is 17.5 Å². The summed E-state index contributed by atoms with van der Waals surface area (Å²) in [7, 11) is 0. The first-order valence-electron chi connectivity index (χ1n) is 4.57. The van der Waals surface area contributed by atoms with Crippen LogP contribution >= 0.6 is 11.8 Å². The van der Waals surface area contributed by atoms with Gasteiger partial charge in [0, 0.05) is 12.4 Å². The Morgan fingerprint density at radius 3 is 2.88 bits per heavy atom. The molecule has 0 saturated heterocycles. The van der Waals surface area contributed by atoms with Gasteiger partial charge in [0.05, 0.1) is 17.6 Å². The fourth-order valence-corrected chi connectivity index (χ4v) is 1.70. The quantitative estimate of drug-likeness (QED) is 0.639. The summed E-state index contributed by atoms with van der Waals surface area (Å²) in [5.74, 6) is 0.517. The number of thiocyanates is 1. The van der Waals surface area contributed by atoms with Crippen LogP contribution in [-0.2, 0) is 6.54 Å². The van der Waals surface area contributed by atoms with Crippen molar-refractivity contribution < 1.29 is 0 Å². The first-order valence-corrected chi connectivity index (χ1v) is 5.39. The molecule has 0 amide bonds. The molecule has 0 aliphatic heterocycles. The maximum Gasteiger partial charge on any atom is 0.138 e. The summed E-state index contributed by atoms with van der Waals surface area (Å²) >= 11 is 1.02. The lowest BCUT2D eigenvalue weighted by Gasteiger charge is -2.03. The van der Waals surface area contributed by atoms with Crippen LogP contribution in [0.1, 0.15) is 5.56 Å². The van der Waals surface area contributed by atoms with E-state index in [1.54, 1.807) is 23.3 Å². The van der Waals surface area contributed by atoms with Crippen molar-refractivity contribution in [3.63, 3.8) is 0 Å². The maximum absolute atomic E-state index is 8.56. The Kier molecular flexibility index (Phi) is 3.08. The Morgan fingerprint density at radius 1 is 1.44 bits per heavy atom. The van der Waals surface area contributed by atoms with Crippen molar-refractivity contribution in [1.82, 2.24) is 14.8 Å². The van der Waals surface area contributed by atoms with Gasteiger partial charge in [0.25, 0.3) is 0 Å². The van der Waals surface area contributed by atoms with Gasteiger partial charge in [-0.2, -0.15) is 10.4 Å². The third kappa shape index (κ3) is 2.15. The van der Waals surface area contributed by atoms with Crippen molar-refractivity contribution in [1.29, 1.82) is 5.26 Å². The maximum atomic E-state index is 8.56. The fraction of sp³-hybridized carbons (Fsp3) is 0.100. The van der Waals surface area contributed by atoms with E-state index in [4.69, 9.17) is 11.0 Å². The highest BCUT2D eigenvalue weighted by Gasteiger charge is 2.07. The largest absolute Gasteiger partial charge is 0.383 e. The molecule has 2 aromatic rings. The molecule has 0 saturated carbocycles. The van der Waals surface area contributed by atoms with Gasteiger partial charge in [0.2, 0.25) is 0 Å². The van der Waals surface area contributed by atoms with Crippen LogP contribution in [0.2, 0.25) is 0 Å². The molecule has 0 atom stereocenters. The van der Waals surface area contributed by atoms with Crippen LogP contribution in [0.25, 0.3) is 0 Å². The zero-order valence-electron chi connectivity index (χ0n) is 8.37. The minimum absolute atomic E-state index is 0.517. The number of hydrogen-bond acceptors (Lipinski definition) is 5. The molecule has 0 aliphatic carbocycles. The van der Waals surface area contributed by atoms with Crippen molar-refractivity contribution in [3.05, 3.63) is 36.3 Å². The van der Waals surface area contributed by atoms with E-state index in [1.165, 1.54) is 0 Å². The minimum Gasteiger partial charge on any atom is -0.383 e. The molecule has 2 aromatic heterocycles. The van der Waals surface area contributed by atoms with Crippen LogP contribution in [0.4, 0.5) is 5.82 Å². The van der Waals surface area contributed by atoms with E-state index in [0.717, 1.165) is 17.3 Å². The molecule has 2 N–H and O–H groups in total. The van der Waals surface area contributed by atoms with E-state index in [9.17, 15) is 0 Å². The summed E-state index contributed by atoms with van der Waals surface area (Å²) in [5.41, 5.74) is 6.92. The molecular weight excluding hydrogens is 222 g/mol. The average molecular weight is 231 g/mol. The number of nitrogens with zero attached hydrogens (tertiary/aromatic N) is 4. The molecule has 80 valence electrons. The number of hydrogen-bond donors (Lipinski definition) is 1. The van der Waals surface area contributed by atoms with E-state index in [-0.39, 0.29) is 0 Å². The Bertz CT molecular complexity index is 514. The first kappa shape index (κ1) is 10.5. The number of anilines is 1. The van der Waals surface area contributed by atoms with Crippen molar-refractivity contribution >= 4 is 17.6 Å². The molecule has 0 unspecified atom stereocenters. The van der Waals surface area contributed by atoms with Gasteiger partial charge in [0.1, 0.15) is 11.2 Å². The molecule has 0 aliphatic rings. The molecule has 0 spiro atoms. The van der Waals surface area contributed by atoms with Crippen molar-refractivity contribution in [2.45, 2.75) is 11.4 Å². The molecule has 0 bridgehead atoms. The van der Waals surface area contributed by atoms with E-state index in [2.05, 4.69) is 10.1 Å². The Hall–Kier alpha value is -2.00. The molecule has 0 radical (unpaired) electrons. The summed E-state index contributed by atoms with van der Waals surface area (Å²) in [5, 5.41) is 14.7. The molecule has 2 rings (SSSR count).